The molecule has 0 spiro atoms. The molecule has 2 nitrogen and oxygen atoms in total. The first kappa shape index (κ1) is 22.6. The SMILES string of the molecule is Oc1ccccn1.[Cl-].[Cl-].[Cl-].[Zr+3]. The molecule has 0 aromatic carbocycles. The van der Waals surface area contributed by atoms with Gasteiger partial charge in [0.1, 0.15) is 0 Å². The minimum atomic E-state index is 0. The number of aromatic nitrogens is 1. The first-order valence-electron chi connectivity index (χ1n) is 1.99. The van der Waals surface area contributed by atoms with Crippen LogP contribution in [-0.2, 0) is 26.2 Å². The van der Waals surface area contributed by atoms with E-state index in [1.54, 1.807) is 12.1 Å². The number of hydrogen-bond donors (Lipinski definition) is 1. The number of nitrogens with zero attached hydrogens (tertiary/aromatic N) is 1. The predicted molar refractivity (Wildman–Crippen MR) is 25.9 cm³/mol. The van der Waals surface area contributed by atoms with E-state index in [-0.39, 0.29) is 69.3 Å². The molecule has 1 radical (unpaired) electrons. The fourth-order valence-electron chi connectivity index (χ4n) is 0.354. The largest absolute Gasteiger partial charge is 3.00 e. The smallest absolute Gasteiger partial charge is 1.00 e. The van der Waals surface area contributed by atoms with Crippen molar-refractivity contribution in [2.45, 2.75) is 0 Å². The molecule has 1 N–H and O–H groups in total. The van der Waals surface area contributed by atoms with Crippen LogP contribution < -0.4 is 37.2 Å². The third-order valence-corrected chi connectivity index (χ3v) is 0.649. The number of halogens is 3. The van der Waals surface area contributed by atoms with Crippen LogP contribution in [0.5, 0.6) is 5.88 Å². The van der Waals surface area contributed by atoms with E-state index < -0.39 is 0 Å². The Labute approximate surface area is 103 Å². The molecule has 1 aromatic rings. The molecular weight excluding hydrogens is 288 g/mol. The van der Waals surface area contributed by atoms with E-state index in [9.17, 15) is 0 Å². The van der Waals surface area contributed by atoms with Crippen LogP contribution in [-0.4, -0.2) is 10.1 Å². The fourth-order valence-corrected chi connectivity index (χ4v) is 0.354. The number of pyridine rings is 1. The summed E-state index contributed by atoms with van der Waals surface area (Å²) in [7, 11) is 0. The van der Waals surface area contributed by atoms with Gasteiger partial charge in [-0.1, -0.05) is 6.07 Å². The van der Waals surface area contributed by atoms with Crippen molar-refractivity contribution >= 4 is 0 Å². The number of aromatic hydroxyl groups is 1. The van der Waals surface area contributed by atoms with Gasteiger partial charge in [-0.3, -0.25) is 0 Å². The third-order valence-electron chi connectivity index (χ3n) is 0.649. The molecule has 0 aliphatic carbocycles. The Morgan fingerprint density at radius 3 is 1.82 bits per heavy atom. The van der Waals surface area contributed by atoms with E-state index in [1.807, 2.05) is 0 Å². The third kappa shape index (κ3) is 10.7. The summed E-state index contributed by atoms with van der Waals surface area (Å²) in [5.74, 6) is 0.0718. The summed E-state index contributed by atoms with van der Waals surface area (Å²) in [5, 5.41) is 8.52. The van der Waals surface area contributed by atoms with Gasteiger partial charge in [-0.15, -0.1) is 0 Å². The van der Waals surface area contributed by atoms with E-state index in [1.165, 1.54) is 12.3 Å². The van der Waals surface area contributed by atoms with E-state index in [0.717, 1.165) is 0 Å². The van der Waals surface area contributed by atoms with Crippen LogP contribution >= 0.6 is 0 Å². The average Bonchev–Trinajstić information content (AvgIpc) is 1.69. The molecular formula is C5H5Cl3NOZr. The quantitative estimate of drug-likeness (QED) is 0.515. The normalized spacial score (nSPS) is 5.45. The Balaban J connectivity index is -0.0000000612. The van der Waals surface area contributed by atoms with Crippen LogP contribution in [0.25, 0.3) is 0 Å². The van der Waals surface area contributed by atoms with Gasteiger partial charge in [-0.05, 0) is 6.07 Å². The van der Waals surface area contributed by atoms with E-state index in [4.69, 9.17) is 5.11 Å². The Kier molecular flexibility index (Phi) is 27.3. The summed E-state index contributed by atoms with van der Waals surface area (Å²) in [5.41, 5.74) is 0. The van der Waals surface area contributed by atoms with Gasteiger partial charge in [0, 0.05) is 12.3 Å². The molecule has 1 rings (SSSR count). The maximum absolute atomic E-state index is 8.52. The molecule has 0 saturated carbocycles. The van der Waals surface area contributed by atoms with Crippen molar-refractivity contribution in [1.82, 2.24) is 4.98 Å². The molecule has 1 heterocycles. The van der Waals surface area contributed by atoms with Crippen molar-refractivity contribution in [3.8, 4) is 5.88 Å². The van der Waals surface area contributed by atoms with Crippen molar-refractivity contribution in [3.05, 3.63) is 24.4 Å². The van der Waals surface area contributed by atoms with Crippen LogP contribution in [0.3, 0.4) is 0 Å². The molecule has 0 fully saturated rings. The van der Waals surface area contributed by atoms with Gasteiger partial charge < -0.3 is 42.3 Å². The van der Waals surface area contributed by atoms with Gasteiger partial charge in [0.25, 0.3) is 0 Å². The zero-order chi connectivity index (χ0) is 5.11. The standard InChI is InChI=1S/C5H5NO.3ClH.Zr/c7-5-3-1-2-4-6-5;;;;/h1-4H,(H,6,7);3*1H;/q;;;;+3/p-3. The molecule has 61 valence electrons. The van der Waals surface area contributed by atoms with Gasteiger partial charge in [0.15, 0.2) is 0 Å². The predicted octanol–water partition coefficient (Wildman–Crippen LogP) is -8.20. The molecule has 0 aliphatic heterocycles. The molecule has 0 atom stereocenters. The topological polar surface area (TPSA) is 33.1 Å². The molecule has 0 saturated heterocycles. The molecule has 0 aliphatic rings. The van der Waals surface area contributed by atoms with Crippen molar-refractivity contribution in [3.63, 3.8) is 0 Å². The first-order valence-corrected chi connectivity index (χ1v) is 1.99. The maximum Gasteiger partial charge on any atom is 3.00 e. The molecule has 0 bridgehead atoms. The van der Waals surface area contributed by atoms with Gasteiger partial charge >= 0.3 is 26.2 Å². The van der Waals surface area contributed by atoms with Crippen LogP contribution in [0.15, 0.2) is 24.4 Å². The van der Waals surface area contributed by atoms with Gasteiger partial charge in [0.05, 0.1) is 0 Å². The van der Waals surface area contributed by atoms with Gasteiger partial charge in [-0.25, -0.2) is 4.98 Å². The number of rotatable bonds is 0. The Morgan fingerprint density at radius 2 is 1.64 bits per heavy atom. The molecule has 1 aromatic heterocycles. The van der Waals surface area contributed by atoms with Gasteiger partial charge in [0.2, 0.25) is 5.88 Å². The zero-order valence-corrected chi connectivity index (χ0v) is 10.1. The summed E-state index contributed by atoms with van der Waals surface area (Å²) < 4.78 is 0. The Morgan fingerprint density at radius 1 is 1.09 bits per heavy atom. The second kappa shape index (κ2) is 13.3. The molecule has 6 heteroatoms. The summed E-state index contributed by atoms with van der Waals surface area (Å²) in [6.45, 7) is 0. The summed E-state index contributed by atoms with van der Waals surface area (Å²) >= 11 is 0. The van der Waals surface area contributed by atoms with Crippen molar-refractivity contribution < 1.29 is 68.5 Å². The summed E-state index contributed by atoms with van der Waals surface area (Å²) in [6, 6.07) is 5.00. The van der Waals surface area contributed by atoms with Crippen molar-refractivity contribution in [2.24, 2.45) is 0 Å². The van der Waals surface area contributed by atoms with Crippen LogP contribution in [0.2, 0.25) is 0 Å². The van der Waals surface area contributed by atoms with Crippen molar-refractivity contribution in [2.75, 3.05) is 0 Å². The minimum absolute atomic E-state index is 0. The second-order valence-corrected chi connectivity index (χ2v) is 1.19. The summed E-state index contributed by atoms with van der Waals surface area (Å²) in [6.07, 6.45) is 1.54. The summed E-state index contributed by atoms with van der Waals surface area (Å²) in [4.78, 5) is 3.53. The molecule has 11 heavy (non-hydrogen) atoms. The Hall–Kier alpha value is 0.703. The Bertz CT molecular complexity index is 152. The first-order chi connectivity index (χ1) is 3.39. The van der Waals surface area contributed by atoms with Crippen molar-refractivity contribution in [1.29, 1.82) is 0 Å². The maximum atomic E-state index is 8.52. The van der Waals surface area contributed by atoms with Gasteiger partial charge in [-0.2, -0.15) is 0 Å². The number of hydrogen-bond acceptors (Lipinski definition) is 2. The van der Waals surface area contributed by atoms with Crippen LogP contribution in [0.4, 0.5) is 0 Å². The van der Waals surface area contributed by atoms with E-state index >= 15 is 0 Å². The zero-order valence-electron chi connectivity index (χ0n) is 5.34. The van der Waals surface area contributed by atoms with E-state index in [2.05, 4.69) is 4.98 Å². The minimum Gasteiger partial charge on any atom is -1.00 e. The monoisotopic (exact) mass is 290 g/mol. The van der Waals surface area contributed by atoms with Crippen LogP contribution in [0.1, 0.15) is 0 Å². The second-order valence-electron chi connectivity index (χ2n) is 1.19. The molecule has 0 amide bonds. The average molecular weight is 293 g/mol. The van der Waals surface area contributed by atoms with E-state index in [0.29, 0.717) is 0 Å². The van der Waals surface area contributed by atoms with Crippen LogP contribution in [0, 0.1) is 0 Å². The fraction of sp³-hybridized carbons (Fsp3) is 0. The molecule has 0 unspecified atom stereocenters.